The molecule has 0 fully saturated rings. The number of halogens is 1. The number of esters is 1. The van der Waals surface area contributed by atoms with E-state index >= 15 is 0 Å². The summed E-state index contributed by atoms with van der Waals surface area (Å²) in [7, 11) is 1.26. The summed E-state index contributed by atoms with van der Waals surface area (Å²) >= 11 is 5.88. The molecule has 3 heterocycles. The molecule has 2 aliphatic heterocycles. The second kappa shape index (κ2) is 7.28. The monoisotopic (exact) mass is 399 g/mol. The summed E-state index contributed by atoms with van der Waals surface area (Å²) in [5, 5.41) is 10.8. The summed E-state index contributed by atoms with van der Waals surface area (Å²) in [5.74, 6) is 0.250. The second-order valence-corrected chi connectivity index (χ2v) is 6.49. The zero-order valence-corrected chi connectivity index (χ0v) is 15.4. The van der Waals surface area contributed by atoms with Crippen LogP contribution in [0.1, 0.15) is 27.6 Å². The summed E-state index contributed by atoms with van der Waals surface area (Å²) in [6.45, 7) is 0.179. The van der Waals surface area contributed by atoms with Crippen LogP contribution in [0.4, 0.5) is 0 Å². The first kappa shape index (κ1) is 17.9. The van der Waals surface area contributed by atoms with Crippen LogP contribution in [0.2, 0.25) is 5.02 Å². The van der Waals surface area contributed by atoms with Crippen LogP contribution in [0.15, 0.2) is 46.0 Å². The molecule has 2 aliphatic rings. The third-order valence-corrected chi connectivity index (χ3v) is 4.37. The summed E-state index contributed by atoms with van der Waals surface area (Å²) in [5.41, 5.74) is 1.28. The molecule has 0 atom stereocenters. The fraction of sp³-hybridized carbons (Fsp3) is 0.167. The lowest BCUT2D eigenvalue weighted by molar-refractivity contribution is 0.0600. The number of nitrogens with one attached hydrogen (secondary N) is 1. The number of carbonyl (C=O) groups excluding carboxylic acids is 1. The number of aromatic nitrogens is 5. The van der Waals surface area contributed by atoms with Gasteiger partial charge in [0.25, 0.3) is 5.56 Å². The molecule has 1 aromatic carbocycles. The van der Waals surface area contributed by atoms with Gasteiger partial charge in [0.2, 0.25) is 5.89 Å². The SMILES string of the molecule is COC(=O)c1cn(Cc2nc(Cc3ccc(Cl)cc3)no2)cc2c(=O)[nH]nc1-2. The van der Waals surface area contributed by atoms with Gasteiger partial charge < -0.3 is 13.8 Å². The second-order valence-electron chi connectivity index (χ2n) is 6.06. The Balaban J connectivity index is 1.60. The highest BCUT2D eigenvalue weighted by atomic mass is 35.5. The molecule has 0 spiro atoms. The average Bonchev–Trinajstić information content (AvgIpc) is 3.29. The molecule has 28 heavy (non-hydrogen) atoms. The maximum atomic E-state index is 12.0. The zero-order valence-electron chi connectivity index (χ0n) is 14.7. The third-order valence-electron chi connectivity index (χ3n) is 4.12. The summed E-state index contributed by atoms with van der Waals surface area (Å²) in [6, 6.07) is 7.36. The van der Waals surface area contributed by atoms with Crippen molar-refractivity contribution in [1.82, 2.24) is 24.9 Å². The molecule has 0 radical (unpaired) electrons. The van der Waals surface area contributed by atoms with Gasteiger partial charge >= 0.3 is 5.97 Å². The minimum absolute atomic E-state index is 0.166. The number of benzene rings is 1. The lowest BCUT2D eigenvalue weighted by atomic mass is 10.1. The van der Waals surface area contributed by atoms with Crippen molar-refractivity contribution < 1.29 is 14.1 Å². The molecule has 0 amide bonds. The van der Waals surface area contributed by atoms with Crippen LogP contribution in [-0.2, 0) is 17.7 Å². The van der Waals surface area contributed by atoms with E-state index in [2.05, 4.69) is 20.3 Å². The third kappa shape index (κ3) is 3.52. The Morgan fingerprint density at radius 1 is 1.29 bits per heavy atom. The topological polar surface area (TPSA) is 116 Å². The first-order valence-electron chi connectivity index (χ1n) is 8.26. The smallest absolute Gasteiger partial charge is 0.341 e. The van der Waals surface area contributed by atoms with E-state index < -0.39 is 11.5 Å². The average molecular weight is 400 g/mol. The number of carbonyl (C=O) groups is 1. The molecule has 2 aromatic rings. The van der Waals surface area contributed by atoms with Crippen LogP contribution in [0.5, 0.6) is 0 Å². The number of pyridine rings is 1. The van der Waals surface area contributed by atoms with Crippen molar-refractivity contribution in [2.45, 2.75) is 13.0 Å². The molecule has 0 aliphatic carbocycles. The molecule has 0 saturated heterocycles. The fourth-order valence-corrected chi connectivity index (χ4v) is 2.93. The molecule has 0 saturated carbocycles. The minimum Gasteiger partial charge on any atom is -0.465 e. The van der Waals surface area contributed by atoms with Gasteiger partial charge in [-0.3, -0.25) is 4.79 Å². The predicted octanol–water partition coefficient (Wildman–Crippen LogP) is 2.14. The largest absolute Gasteiger partial charge is 0.465 e. The van der Waals surface area contributed by atoms with Gasteiger partial charge in [0.15, 0.2) is 5.82 Å². The zero-order chi connectivity index (χ0) is 19.7. The Morgan fingerprint density at radius 3 is 2.82 bits per heavy atom. The lowest BCUT2D eigenvalue weighted by Gasteiger charge is -2.09. The van der Waals surface area contributed by atoms with Gasteiger partial charge in [0.05, 0.1) is 12.7 Å². The van der Waals surface area contributed by atoms with Crippen LogP contribution in [0, 0.1) is 0 Å². The maximum Gasteiger partial charge on any atom is 0.341 e. The number of rotatable bonds is 5. The predicted molar refractivity (Wildman–Crippen MR) is 98.5 cm³/mol. The van der Waals surface area contributed by atoms with Gasteiger partial charge in [0.1, 0.15) is 17.8 Å². The van der Waals surface area contributed by atoms with Crippen LogP contribution < -0.4 is 5.56 Å². The van der Waals surface area contributed by atoms with E-state index in [1.54, 1.807) is 22.9 Å². The molecule has 0 unspecified atom stereocenters. The molecular weight excluding hydrogens is 386 g/mol. The van der Waals surface area contributed by atoms with Crippen molar-refractivity contribution in [3.05, 3.63) is 74.9 Å². The highest BCUT2D eigenvalue weighted by Crippen LogP contribution is 2.21. The molecule has 10 heteroatoms. The fourth-order valence-electron chi connectivity index (χ4n) is 2.81. The van der Waals surface area contributed by atoms with E-state index in [1.807, 2.05) is 12.1 Å². The van der Waals surface area contributed by atoms with Gasteiger partial charge in [-0.05, 0) is 17.7 Å². The standard InChI is InChI=1S/C18H14ClN5O4/c1-27-18(26)13-8-24(7-12-16(13)21-22-17(12)25)9-15-20-14(23-28-15)6-10-2-4-11(19)5-3-10/h2-5,7-8H,6,9H2,1H3,(H,22,25). The highest BCUT2D eigenvalue weighted by Gasteiger charge is 2.22. The summed E-state index contributed by atoms with van der Waals surface area (Å²) in [4.78, 5) is 28.3. The number of H-pyrrole nitrogens is 1. The van der Waals surface area contributed by atoms with Crippen molar-refractivity contribution in [2.24, 2.45) is 0 Å². The van der Waals surface area contributed by atoms with Gasteiger partial charge in [-0.1, -0.05) is 28.9 Å². The van der Waals surface area contributed by atoms with Crippen molar-refractivity contribution in [3.8, 4) is 11.3 Å². The van der Waals surface area contributed by atoms with E-state index in [1.165, 1.54) is 13.3 Å². The van der Waals surface area contributed by atoms with Crippen molar-refractivity contribution >= 4 is 17.6 Å². The molecule has 1 N–H and O–H groups in total. The van der Waals surface area contributed by atoms with Crippen LogP contribution >= 0.6 is 11.6 Å². The van der Waals surface area contributed by atoms with Crippen LogP contribution in [0.3, 0.4) is 0 Å². The minimum atomic E-state index is -0.597. The van der Waals surface area contributed by atoms with Gasteiger partial charge in [-0.25, -0.2) is 9.89 Å². The normalized spacial score (nSPS) is 11.1. The Morgan fingerprint density at radius 2 is 2.07 bits per heavy atom. The Kier molecular flexibility index (Phi) is 4.66. The van der Waals surface area contributed by atoms with E-state index in [0.29, 0.717) is 23.2 Å². The maximum absolute atomic E-state index is 12.0. The molecule has 9 nitrogen and oxygen atoms in total. The number of nitrogens with zero attached hydrogens (tertiary/aromatic N) is 4. The molecule has 1 aromatic heterocycles. The molecular formula is C18H14ClN5O4. The molecule has 4 rings (SSSR count). The van der Waals surface area contributed by atoms with Crippen LogP contribution in [0.25, 0.3) is 11.3 Å². The van der Waals surface area contributed by atoms with Gasteiger partial charge in [-0.2, -0.15) is 10.1 Å². The number of ether oxygens (including phenoxy) is 1. The summed E-state index contributed by atoms with van der Waals surface area (Å²) in [6.07, 6.45) is 3.58. The van der Waals surface area contributed by atoms with Gasteiger partial charge in [-0.15, -0.1) is 0 Å². The van der Waals surface area contributed by atoms with E-state index in [0.717, 1.165) is 5.56 Å². The Labute approximate surface area is 163 Å². The lowest BCUT2D eigenvalue weighted by Crippen LogP contribution is -2.12. The molecule has 0 bridgehead atoms. The summed E-state index contributed by atoms with van der Waals surface area (Å²) < 4.78 is 11.7. The Hall–Kier alpha value is -3.46. The first-order valence-corrected chi connectivity index (χ1v) is 8.63. The number of aromatic amines is 1. The van der Waals surface area contributed by atoms with E-state index in [9.17, 15) is 9.59 Å². The number of fused-ring (bicyclic) bond motifs is 1. The first-order chi connectivity index (χ1) is 13.5. The van der Waals surface area contributed by atoms with Crippen molar-refractivity contribution in [3.63, 3.8) is 0 Å². The van der Waals surface area contributed by atoms with E-state index in [-0.39, 0.29) is 23.4 Å². The highest BCUT2D eigenvalue weighted by molar-refractivity contribution is 6.30. The Bertz CT molecular complexity index is 1160. The van der Waals surface area contributed by atoms with Crippen LogP contribution in [-0.4, -0.2) is 38.0 Å². The number of hydrogen-bond acceptors (Lipinski definition) is 7. The van der Waals surface area contributed by atoms with Gasteiger partial charge in [0, 0.05) is 23.8 Å². The van der Waals surface area contributed by atoms with E-state index in [4.69, 9.17) is 20.9 Å². The molecule has 142 valence electrons. The number of methoxy groups -OCH3 is 1. The quantitative estimate of drug-likeness (QED) is 0.511. The number of hydrogen-bond donors (Lipinski definition) is 1. The van der Waals surface area contributed by atoms with Crippen molar-refractivity contribution in [1.29, 1.82) is 0 Å². The van der Waals surface area contributed by atoms with Crippen molar-refractivity contribution in [2.75, 3.05) is 7.11 Å².